The number of hydrogen-bond acceptors (Lipinski definition) is 3. The molecule has 0 unspecified atom stereocenters. The number of amides is 1. The van der Waals surface area contributed by atoms with Crippen molar-refractivity contribution >= 4 is 11.6 Å². The summed E-state index contributed by atoms with van der Waals surface area (Å²) in [6.45, 7) is 1.80. The maximum Gasteiger partial charge on any atom is 0.278 e. The summed E-state index contributed by atoms with van der Waals surface area (Å²) in [5.41, 5.74) is 5.32. The Kier molecular flexibility index (Phi) is 3.61. The number of aryl methyl sites for hydroxylation is 3. The second-order valence-electron chi connectivity index (χ2n) is 6.05. The number of nitrogens with zero attached hydrogens (tertiary/aromatic N) is 3. The van der Waals surface area contributed by atoms with Crippen LogP contribution >= 0.6 is 0 Å². The number of anilines is 1. The lowest BCUT2D eigenvalue weighted by Crippen LogP contribution is -2.14. The van der Waals surface area contributed by atoms with Crippen LogP contribution in [0.3, 0.4) is 0 Å². The number of carbonyl (C=O) groups is 1. The monoisotopic (exact) mass is 318 g/mol. The first-order valence-corrected chi connectivity index (χ1v) is 8.13. The third-order valence-corrected chi connectivity index (χ3v) is 4.34. The molecule has 0 atom stereocenters. The van der Waals surface area contributed by atoms with Crippen LogP contribution in [0.15, 0.2) is 48.5 Å². The van der Waals surface area contributed by atoms with Crippen molar-refractivity contribution in [3.05, 3.63) is 71.0 Å². The Hall–Kier alpha value is -2.95. The molecule has 1 heterocycles. The van der Waals surface area contributed by atoms with Gasteiger partial charge in [-0.15, -0.1) is 5.10 Å². The van der Waals surface area contributed by atoms with Crippen molar-refractivity contribution in [3.8, 4) is 5.69 Å². The maximum atomic E-state index is 12.6. The van der Waals surface area contributed by atoms with Crippen molar-refractivity contribution in [2.24, 2.45) is 0 Å². The van der Waals surface area contributed by atoms with Gasteiger partial charge >= 0.3 is 0 Å². The van der Waals surface area contributed by atoms with Crippen LogP contribution in [0, 0.1) is 6.92 Å². The zero-order chi connectivity index (χ0) is 16.5. The third-order valence-electron chi connectivity index (χ3n) is 4.34. The number of hydrogen-bond donors (Lipinski definition) is 1. The van der Waals surface area contributed by atoms with E-state index < -0.39 is 0 Å². The van der Waals surface area contributed by atoms with Crippen molar-refractivity contribution < 1.29 is 4.79 Å². The van der Waals surface area contributed by atoms with Crippen molar-refractivity contribution in [2.45, 2.75) is 26.2 Å². The number of fused-ring (bicyclic) bond motifs is 1. The van der Waals surface area contributed by atoms with E-state index in [1.165, 1.54) is 22.3 Å². The van der Waals surface area contributed by atoms with Gasteiger partial charge in [0.25, 0.3) is 5.91 Å². The number of para-hydroxylation sites is 1. The van der Waals surface area contributed by atoms with Gasteiger partial charge in [0.05, 0.1) is 11.4 Å². The molecule has 0 radical (unpaired) electrons. The normalized spacial score (nSPS) is 12.9. The molecule has 1 N–H and O–H groups in total. The van der Waals surface area contributed by atoms with Crippen LogP contribution in [0.4, 0.5) is 5.69 Å². The minimum atomic E-state index is -0.229. The molecule has 120 valence electrons. The number of nitrogens with one attached hydrogen (secondary N) is 1. The Labute approximate surface area is 140 Å². The standard InChI is InChI=1S/C19H18N4O/c1-13-18(22-23(21-13)17-8-3-2-4-9-17)19(24)20-16-11-10-14-6-5-7-15(14)12-16/h2-4,8-12H,5-7H2,1H3,(H,20,24). The summed E-state index contributed by atoms with van der Waals surface area (Å²) in [6, 6.07) is 15.7. The Morgan fingerprint density at radius 2 is 1.83 bits per heavy atom. The molecular weight excluding hydrogens is 300 g/mol. The van der Waals surface area contributed by atoms with E-state index in [1.807, 2.05) is 36.4 Å². The molecule has 0 saturated heterocycles. The number of rotatable bonds is 3. The van der Waals surface area contributed by atoms with Crippen molar-refractivity contribution in [2.75, 3.05) is 5.32 Å². The van der Waals surface area contributed by atoms with E-state index in [4.69, 9.17) is 0 Å². The topological polar surface area (TPSA) is 59.8 Å². The molecule has 1 aliphatic rings. The zero-order valence-electron chi connectivity index (χ0n) is 13.5. The van der Waals surface area contributed by atoms with Gasteiger partial charge in [0, 0.05) is 5.69 Å². The van der Waals surface area contributed by atoms with Crippen molar-refractivity contribution in [1.82, 2.24) is 15.0 Å². The van der Waals surface area contributed by atoms with E-state index in [1.54, 1.807) is 6.92 Å². The van der Waals surface area contributed by atoms with Crippen LogP contribution in [0.2, 0.25) is 0 Å². The van der Waals surface area contributed by atoms with E-state index in [0.29, 0.717) is 11.4 Å². The fourth-order valence-corrected chi connectivity index (χ4v) is 3.11. The third kappa shape index (κ3) is 2.69. The lowest BCUT2D eigenvalue weighted by molar-refractivity contribution is 0.102. The SMILES string of the molecule is Cc1nn(-c2ccccc2)nc1C(=O)Nc1ccc2c(c1)CCC2. The number of carbonyl (C=O) groups excluding carboxylic acids is 1. The molecule has 0 saturated carbocycles. The molecule has 0 fully saturated rings. The maximum absolute atomic E-state index is 12.6. The first kappa shape index (κ1) is 14.6. The Morgan fingerprint density at radius 1 is 1.04 bits per heavy atom. The Bertz CT molecular complexity index is 899. The van der Waals surface area contributed by atoms with E-state index in [2.05, 4.69) is 27.6 Å². The highest BCUT2D eigenvalue weighted by atomic mass is 16.2. The smallest absolute Gasteiger partial charge is 0.278 e. The van der Waals surface area contributed by atoms with E-state index in [0.717, 1.165) is 24.2 Å². The summed E-state index contributed by atoms with van der Waals surface area (Å²) in [7, 11) is 0. The van der Waals surface area contributed by atoms with Gasteiger partial charge in [-0.2, -0.15) is 9.90 Å². The number of aromatic nitrogens is 3. The fourth-order valence-electron chi connectivity index (χ4n) is 3.11. The lowest BCUT2D eigenvalue weighted by atomic mass is 10.1. The molecule has 2 aromatic carbocycles. The first-order chi connectivity index (χ1) is 11.7. The minimum absolute atomic E-state index is 0.229. The highest BCUT2D eigenvalue weighted by Gasteiger charge is 2.17. The lowest BCUT2D eigenvalue weighted by Gasteiger charge is -2.06. The fraction of sp³-hybridized carbons (Fsp3) is 0.211. The molecule has 1 aliphatic carbocycles. The molecule has 0 aliphatic heterocycles. The summed E-state index contributed by atoms with van der Waals surface area (Å²) >= 11 is 0. The minimum Gasteiger partial charge on any atom is -0.321 e. The predicted octanol–water partition coefficient (Wildman–Crippen LogP) is 3.32. The van der Waals surface area contributed by atoms with Crippen LogP contribution in [-0.4, -0.2) is 20.9 Å². The average molecular weight is 318 g/mol. The van der Waals surface area contributed by atoms with Gasteiger partial charge in [0.1, 0.15) is 0 Å². The molecule has 0 bridgehead atoms. The van der Waals surface area contributed by atoms with E-state index in [-0.39, 0.29) is 5.91 Å². The van der Waals surface area contributed by atoms with Crippen LogP contribution in [0.1, 0.15) is 33.7 Å². The largest absolute Gasteiger partial charge is 0.321 e. The van der Waals surface area contributed by atoms with Gasteiger partial charge in [-0.3, -0.25) is 4.79 Å². The molecule has 1 amide bonds. The zero-order valence-corrected chi connectivity index (χ0v) is 13.5. The molecule has 4 rings (SSSR count). The molecule has 1 aromatic heterocycles. The molecule has 5 heteroatoms. The van der Waals surface area contributed by atoms with E-state index >= 15 is 0 Å². The van der Waals surface area contributed by atoms with Crippen LogP contribution in [0.25, 0.3) is 5.69 Å². The molecular formula is C19H18N4O. The average Bonchev–Trinajstić information content (AvgIpc) is 3.21. The summed E-state index contributed by atoms with van der Waals surface area (Å²) in [5, 5.41) is 11.6. The quantitative estimate of drug-likeness (QED) is 0.806. The molecule has 5 nitrogen and oxygen atoms in total. The van der Waals surface area contributed by atoms with Crippen LogP contribution in [-0.2, 0) is 12.8 Å². The van der Waals surface area contributed by atoms with Crippen molar-refractivity contribution in [1.29, 1.82) is 0 Å². The van der Waals surface area contributed by atoms with Gasteiger partial charge < -0.3 is 5.32 Å². The highest BCUT2D eigenvalue weighted by Crippen LogP contribution is 2.25. The Morgan fingerprint density at radius 3 is 2.67 bits per heavy atom. The second kappa shape index (κ2) is 5.92. The van der Waals surface area contributed by atoms with Crippen LogP contribution in [0.5, 0.6) is 0 Å². The second-order valence-corrected chi connectivity index (χ2v) is 6.05. The Balaban J connectivity index is 1.58. The van der Waals surface area contributed by atoms with Gasteiger partial charge in [0.2, 0.25) is 0 Å². The predicted molar refractivity (Wildman–Crippen MR) is 92.5 cm³/mol. The summed E-state index contributed by atoms with van der Waals surface area (Å²) in [5.74, 6) is -0.229. The summed E-state index contributed by atoms with van der Waals surface area (Å²) in [6.07, 6.45) is 3.41. The molecule has 0 spiro atoms. The van der Waals surface area contributed by atoms with Gasteiger partial charge in [-0.1, -0.05) is 24.3 Å². The van der Waals surface area contributed by atoms with Crippen LogP contribution < -0.4 is 5.32 Å². The highest BCUT2D eigenvalue weighted by molar-refractivity contribution is 6.03. The summed E-state index contributed by atoms with van der Waals surface area (Å²) in [4.78, 5) is 14.0. The first-order valence-electron chi connectivity index (χ1n) is 8.13. The van der Waals surface area contributed by atoms with E-state index in [9.17, 15) is 4.79 Å². The van der Waals surface area contributed by atoms with Gasteiger partial charge in [0.15, 0.2) is 5.69 Å². The number of benzene rings is 2. The molecule has 3 aromatic rings. The molecule has 24 heavy (non-hydrogen) atoms. The van der Waals surface area contributed by atoms with Gasteiger partial charge in [-0.25, -0.2) is 0 Å². The van der Waals surface area contributed by atoms with Crippen molar-refractivity contribution in [3.63, 3.8) is 0 Å². The summed E-state index contributed by atoms with van der Waals surface area (Å²) < 4.78 is 0. The van der Waals surface area contributed by atoms with Gasteiger partial charge in [-0.05, 0) is 61.6 Å².